The van der Waals surface area contributed by atoms with Gasteiger partial charge in [0.15, 0.2) is 5.78 Å². The molecule has 0 N–H and O–H groups in total. The van der Waals surface area contributed by atoms with Gasteiger partial charge >= 0.3 is 0 Å². The molecule has 1 saturated carbocycles. The molecule has 0 bridgehead atoms. The van der Waals surface area contributed by atoms with E-state index in [4.69, 9.17) is 0 Å². The third kappa shape index (κ3) is 2.18. The Morgan fingerprint density at radius 1 is 1.22 bits per heavy atom. The van der Waals surface area contributed by atoms with Crippen LogP contribution < -0.4 is 0 Å². The third-order valence-electron chi connectivity index (χ3n) is 4.02. The van der Waals surface area contributed by atoms with E-state index in [1.807, 2.05) is 44.2 Å². The molecule has 2 rings (SSSR count). The van der Waals surface area contributed by atoms with Gasteiger partial charge in [-0.1, -0.05) is 50.6 Å². The van der Waals surface area contributed by atoms with Crippen LogP contribution in [0.2, 0.25) is 0 Å². The first kappa shape index (κ1) is 12.8. The molecule has 0 saturated heterocycles. The maximum atomic E-state index is 12.6. The van der Waals surface area contributed by atoms with E-state index >= 15 is 0 Å². The van der Waals surface area contributed by atoms with Gasteiger partial charge in [-0.15, -0.1) is 0 Å². The van der Waals surface area contributed by atoms with Gasteiger partial charge in [-0.3, -0.25) is 4.79 Å². The van der Waals surface area contributed by atoms with E-state index in [1.165, 1.54) is 0 Å². The Balaban J connectivity index is 2.32. The smallest absolute Gasteiger partial charge is 0.158 e. The topological polar surface area (TPSA) is 40.9 Å². The molecule has 1 aliphatic rings. The van der Waals surface area contributed by atoms with Crippen LogP contribution in [0.25, 0.3) is 0 Å². The molecule has 0 radical (unpaired) electrons. The molecule has 0 aliphatic heterocycles. The second-order valence-electron chi connectivity index (χ2n) is 5.92. The zero-order valence-corrected chi connectivity index (χ0v) is 11.1. The average molecular weight is 241 g/mol. The summed E-state index contributed by atoms with van der Waals surface area (Å²) in [5.41, 5.74) is -0.101. The Hall–Kier alpha value is -1.62. The van der Waals surface area contributed by atoms with Crippen LogP contribution in [0.5, 0.6) is 0 Å². The van der Waals surface area contributed by atoms with Crippen molar-refractivity contribution in [3.63, 3.8) is 0 Å². The monoisotopic (exact) mass is 241 g/mol. The second kappa shape index (κ2) is 4.57. The molecule has 1 unspecified atom stereocenters. The highest BCUT2D eigenvalue weighted by molar-refractivity contribution is 5.93. The van der Waals surface area contributed by atoms with Crippen molar-refractivity contribution >= 4 is 5.78 Å². The minimum absolute atomic E-state index is 0.118. The molecule has 0 aromatic heterocycles. The number of benzene rings is 1. The van der Waals surface area contributed by atoms with Crippen LogP contribution in [0.4, 0.5) is 0 Å². The summed E-state index contributed by atoms with van der Waals surface area (Å²) in [5.74, 6) is 0.118. The van der Waals surface area contributed by atoms with Crippen molar-refractivity contribution in [3.8, 4) is 6.07 Å². The number of Topliss-reactive ketones (excluding diaryl/α,β-unsaturated/α-hetero) is 1. The van der Waals surface area contributed by atoms with Crippen LogP contribution in [0, 0.1) is 22.2 Å². The number of carbonyl (C=O) groups is 1. The van der Waals surface area contributed by atoms with Gasteiger partial charge in [0, 0.05) is 5.41 Å². The van der Waals surface area contributed by atoms with Gasteiger partial charge < -0.3 is 0 Å². The van der Waals surface area contributed by atoms with Gasteiger partial charge in [-0.2, -0.15) is 5.26 Å². The largest absolute Gasteiger partial charge is 0.297 e. The summed E-state index contributed by atoms with van der Waals surface area (Å²) < 4.78 is 0. The number of hydrogen-bond acceptors (Lipinski definition) is 2. The lowest BCUT2D eigenvalue weighted by atomic mass is 9.61. The van der Waals surface area contributed by atoms with Crippen molar-refractivity contribution < 1.29 is 4.79 Å². The lowest BCUT2D eigenvalue weighted by Gasteiger charge is -2.39. The van der Waals surface area contributed by atoms with E-state index in [2.05, 4.69) is 6.07 Å². The van der Waals surface area contributed by atoms with Gasteiger partial charge in [0.05, 0.1) is 6.07 Å². The molecule has 2 nitrogen and oxygen atoms in total. The standard InChI is InChI=1S/C16H19NO/c1-15(2)9-6-10-16(12-17,14(15)18)11-13-7-4-3-5-8-13/h3-5,7-8H,6,9-11H2,1-2H3. The number of ketones is 1. The number of rotatable bonds is 2. The number of carbonyl (C=O) groups excluding carboxylic acids is 1. The zero-order chi connectivity index (χ0) is 13.2. The van der Waals surface area contributed by atoms with E-state index < -0.39 is 5.41 Å². The van der Waals surface area contributed by atoms with Crippen LogP contribution in [0.15, 0.2) is 30.3 Å². The van der Waals surface area contributed by atoms with Crippen molar-refractivity contribution in [2.45, 2.75) is 39.5 Å². The molecule has 1 aromatic carbocycles. The molecule has 1 atom stereocenters. The Morgan fingerprint density at radius 2 is 1.89 bits per heavy atom. The zero-order valence-electron chi connectivity index (χ0n) is 11.1. The van der Waals surface area contributed by atoms with E-state index in [0.29, 0.717) is 12.8 Å². The maximum Gasteiger partial charge on any atom is 0.158 e. The third-order valence-corrected chi connectivity index (χ3v) is 4.02. The fourth-order valence-corrected chi connectivity index (χ4v) is 2.97. The van der Waals surface area contributed by atoms with Gasteiger partial charge in [-0.25, -0.2) is 0 Å². The van der Waals surface area contributed by atoms with Crippen molar-refractivity contribution in [1.82, 2.24) is 0 Å². The lowest BCUT2D eigenvalue weighted by Crippen LogP contribution is -2.45. The van der Waals surface area contributed by atoms with Crippen molar-refractivity contribution in [2.24, 2.45) is 10.8 Å². The van der Waals surface area contributed by atoms with Crippen LogP contribution in [0.3, 0.4) is 0 Å². The van der Waals surface area contributed by atoms with E-state index in [9.17, 15) is 10.1 Å². The van der Waals surface area contributed by atoms with Crippen molar-refractivity contribution in [3.05, 3.63) is 35.9 Å². The highest BCUT2D eigenvalue weighted by atomic mass is 16.1. The molecule has 0 spiro atoms. The second-order valence-corrected chi connectivity index (χ2v) is 5.92. The quantitative estimate of drug-likeness (QED) is 0.795. The summed E-state index contributed by atoms with van der Waals surface area (Å²) in [6.45, 7) is 3.93. The highest BCUT2D eigenvalue weighted by Crippen LogP contribution is 2.44. The van der Waals surface area contributed by atoms with Crippen LogP contribution in [-0.2, 0) is 11.2 Å². The Morgan fingerprint density at radius 3 is 2.50 bits per heavy atom. The maximum absolute atomic E-state index is 12.6. The SMILES string of the molecule is CC1(C)CCCC(C#N)(Cc2ccccc2)C1=O. The molecule has 1 aliphatic carbocycles. The Kier molecular flexibility index (Phi) is 3.26. The molecule has 2 heteroatoms. The first-order valence-corrected chi connectivity index (χ1v) is 6.50. The fourth-order valence-electron chi connectivity index (χ4n) is 2.97. The first-order valence-electron chi connectivity index (χ1n) is 6.50. The molecule has 94 valence electrons. The molecule has 0 heterocycles. The van der Waals surface area contributed by atoms with E-state index in [1.54, 1.807) is 0 Å². The number of hydrogen-bond donors (Lipinski definition) is 0. The molecular weight excluding hydrogens is 222 g/mol. The molecule has 0 amide bonds. The predicted molar refractivity (Wildman–Crippen MR) is 70.8 cm³/mol. The van der Waals surface area contributed by atoms with E-state index in [-0.39, 0.29) is 11.2 Å². The van der Waals surface area contributed by atoms with Gasteiger partial charge in [0.1, 0.15) is 5.41 Å². The van der Waals surface area contributed by atoms with Crippen LogP contribution >= 0.6 is 0 Å². The van der Waals surface area contributed by atoms with Crippen molar-refractivity contribution in [2.75, 3.05) is 0 Å². The lowest BCUT2D eigenvalue weighted by molar-refractivity contribution is -0.138. The summed E-state index contributed by atoms with van der Waals surface area (Å²) in [7, 11) is 0. The minimum Gasteiger partial charge on any atom is -0.297 e. The van der Waals surface area contributed by atoms with Gasteiger partial charge in [-0.05, 0) is 24.8 Å². The predicted octanol–water partition coefficient (Wildman–Crippen LogP) is 3.52. The van der Waals surface area contributed by atoms with Crippen molar-refractivity contribution in [1.29, 1.82) is 5.26 Å². The normalized spacial score (nSPS) is 26.6. The number of nitriles is 1. The molecule has 1 aromatic rings. The summed E-state index contributed by atoms with van der Waals surface area (Å²) in [4.78, 5) is 12.6. The summed E-state index contributed by atoms with van der Waals surface area (Å²) in [5, 5.41) is 9.53. The summed E-state index contributed by atoms with van der Waals surface area (Å²) >= 11 is 0. The fraction of sp³-hybridized carbons (Fsp3) is 0.500. The summed E-state index contributed by atoms with van der Waals surface area (Å²) in [6, 6.07) is 12.2. The average Bonchev–Trinajstić information content (AvgIpc) is 2.36. The summed E-state index contributed by atoms with van der Waals surface area (Å²) in [6.07, 6.45) is 3.09. The van der Waals surface area contributed by atoms with Crippen LogP contribution in [0.1, 0.15) is 38.7 Å². The van der Waals surface area contributed by atoms with E-state index in [0.717, 1.165) is 18.4 Å². The molecule has 1 fully saturated rings. The molecular formula is C16H19NO. The first-order chi connectivity index (χ1) is 8.50. The van der Waals surface area contributed by atoms with Crippen LogP contribution in [-0.4, -0.2) is 5.78 Å². The van der Waals surface area contributed by atoms with Gasteiger partial charge in [0.2, 0.25) is 0 Å². The molecule has 18 heavy (non-hydrogen) atoms. The van der Waals surface area contributed by atoms with Gasteiger partial charge in [0.25, 0.3) is 0 Å². The Labute approximate surface area is 109 Å². The Bertz CT molecular complexity index is 484. The highest BCUT2D eigenvalue weighted by Gasteiger charge is 2.48. The number of nitrogens with zero attached hydrogens (tertiary/aromatic N) is 1. The minimum atomic E-state index is -0.816.